The van der Waals surface area contributed by atoms with Crippen LogP contribution in [-0.4, -0.2) is 102 Å². The highest BCUT2D eigenvalue weighted by molar-refractivity contribution is 14.1. The summed E-state index contributed by atoms with van der Waals surface area (Å²) in [5, 5.41) is 9.53. The molecule has 4 aliphatic rings. The predicted octanol–water partition coefficient (Wildman–Crippen LogP) is 6.91. The van der Waals surface area contributed by atoms with E-state index in [9.17, 15) is 33.9 Å². The molecule has 0 spiro atoms. The quantitative estimate of drug-likeness (QED) is 0.0216. The molecule has 0 aliphatic carbocycles. The summed E-state index contributed by atoms with van der Waals surface area (Å²) < 4.78 is 24.5. The third kappa shape index (κ3) is 11.7. The van der Waals surface area contributed by atoms with E-state index in [1.54, 1.807) is 32.0 Å². The average Bonchev–Trinajstić information content (AvgIpc) is 3.75. The Hall–Kier alpha value is -5.36. The predicted molar refractivity (Wildman–Crippen MR) is 270 cm³/mol. The molecule has 0 bridgehead atoms. The van der Waals surface area contributed by atoms with Crippen molar-refractivity contribution in [1.29, 1.82) is 0 Å². The van der Waals surface area contributed by atoms with Crippen LogP contribution in [0.25, 0.3) is 0 Å². The van der Waals surface area contributed by atoms with E-state index in [0.717, 1.165) is 19.1 Å². The second kappa shape index (κ2) is 25.7. The normalized spacial score (nSPS) is 21.7. The molecule has 19 heteroatoms. The van der Waals surface area contributed by atoms with Gasteiger partial charge < -0.3 is 33.9 Å². The van der Waals surface area contributed by atoms with Gasteiger partial charge in [-0.3, -0.25) is 19.4 Å². The van der Waals surface area contributed by atoms with Crippen LogP contribution in [0, 0.1) is 42.6 Å². The number of carbonyl (C=O) groups is 6. The van der Waals surface area contributed by atoms with E-state index in [4.69, 9.17) is 38.5 Å². The number of aliphatic hydroxyl groups is 1. The van der Waals surface area contributed by atoms with Crippen molar-refractivity contribution in [1.82, 2.24) is 9.80 Å². The minimum Gasteiger partial charge on any atom is -0.488 e. The van der Waals surface area contributed by atoms with Crippen LogP contribution in [0.1, 0.15) is 45.7 Å². The molecule has 8 atom stereocenters. The number of hydrogen-bond acceptors (Lipinski definition) is 15. The van der Waals surface area contributed by atoms with Gasteiger partial charge in [-0.15, -0.1) is 13.2 Å². The number of aliphatic hydroxyl groups excluding tert-OH is 1. The number of nitrogens with zero attached hydrogens (tertiary/aromatic N) is 2. The summed E-state index contributed by atoms with van der Waals surface area (Å²) in [6, 6.07) is 10.3. The first kappa shape index (κ1) is 55.6. The number of amides is 2. The zero-order chi connectivity index (χ0) is 51.4. The SMILES string of the molecule is C=CCOOC(=O)C(C)C1C(=O)N2C(C(=O)OCC=C)=C(COc3cccc(CC)c3I)[C@H](C)C12.C=CCOOC(=O)C(C)C1C(=O)N2C(C(=O)OCC=C)=C(COc3cccc(CO)c3I)[C@H](C)C12. The lowest BCUT2D eigenvalue weighted by atomic mass is 9.74. The third-order valence-electron chi connectivity index (χ3n) is 12.5. The molecule has 2 aromatic carbocycles. The van der Waals surface area contributed by atoms with E-state index in [1.807, 2.05) is 32.0 Å². The first-order valence-electron chi connectivity index (χ1n) is 22.5. The van der Waals surface area contributed by atoms with Gasteiger partial charge in [0.05, 0.1) is 49.5 Å². The lowest BCUT2D eigenvalue weighted by molar-refractivity contribution is -0.271. The summed E-state index contributed by atoms with van der Waals surface area (Å²) in [6.45, 7) is 23.3. The number of fused-ring (bicyclic) bond motifs is 2. The fraction of sp³-hybridized carbons (Fsp3) is 0.412. The van der Waals surface area contributed by atoms with Crippen molar-refractivity contribution in [3.8, 4) is 11.5 Å². The van der Waals surface area contributed by atoms with Gasteiger partial charge in [-0.1, -0.05) is 96.3 Å². The molecule has 0 radical (unpaired) electrons. The number of esters is 2. The highest BCUT2D eigenvalue weighted by atomic mass is 127. The summed E-state index contributed by atoms with van der Waals surface area (Å²) in [5.41, 5.74) is 3.42. The molecule has 6 rings (SSSR count). The Morgan fingerprint density at radius 1 is 0.657 bits per heavy atom. The number of aryl methyl sites for hydroxylation is 1. The smallest absolute Gasteiger partial charge is 0.355 e. The molecule has 6 unspecified atom stereocenters. The van der Waals surface area contributed by atoms with Gasteiger partial charge in [0.15, 0.2) is 0 Å². The standard InChI is InChI=1S/C26H30INO7.C25H28INO8/c1-6-12-32-26(31)23-18(14-33-19-11-9-10-17(8-3)21(19)27)15(4)22-20(24(29)28(22)23)16(5)25(30)35-34-13-7-2;1-5-10-32-25(31)22-17(13-33-18-9-7-8-16(12-28)20(18)26)14(3)21-19(23(29)27(21)22)15(4)24(30)35-34-11-6-2/h6-7,9-11,15-16,20,22H,1-2,8,12-14H2,3-5H3;5-9,14-15,19,21,28H,1-2,10-13H2,3-4H3/t15-,16?,20?,22?;14-,15?,19?,21?/m00/s1. The Bertz CT molecular complexity index is 2270. The zero-order valence-corrected chi connectivity index (χ0v) is 44.0. The van der Waals surface area contributed by atoms with Gasteiger partial charge in [-0.2, -0.15) is 9.78 Å². The maximum Gasteiger partial charge on any atom is 0.355 e. The van der Waals surface area contributed by atoms with Crippen LogP contribution in [0.5, 0.6) is 11.5 Å². The van der Waals surface area contributed by atoms with E-state index in [2.05, 4.69) is 78.4 Å². The van der Waals surface area contributed by atoms with Crippen molar-refractivity contribution in [2.75, 3.05) is 39.6 Å². The van der Waals surface area contributed by atoms with Crippen molar-refractivity contribution in [2.45, 2.75) is 59.7 Å². The summed E-state index contributed by atoms with van der Waals surface area (Å²) in [6.07, 6.45) is 6.65. The van der Waals surface area contributed by atoms with Gasteiger partial charge in [0.1, 0.15) is 62.5 Å². The van der Waals surface area contributed by atoms with Crippen LogP contribution in [-0.2, 0) is 70.8 Å². The first-order valence-corrected chi connectivity index (χ1v) is 24.7. The average molecular weight is 1190 g/mol. The van der Waals surface area contributed by atoms with Crippen molar-refractivity contribution in [3.63, 3.8) is 0 Å². The molecule has 2 fully saturated rings. The Labute approximate surface area is 434 Å². The highest BCUT2D eigenvalue weighted by Gasteiger charge is 2.63. The lowest BCUT2D eigenvalue weighted by Crippen LogP contribution is -2.63. The second-order valence-corrected chi connectivity index (χ2v) is 18.8. The Morgan fingerprint density at radius 2 is 1.04 bits per heavy atom. The van der Waals surface area contributed by atoms with E-state index < -0.39 is 59.6 Å². The monoisotopic (exact) mass is 1190 g/mol. The highest BCUT2D eigenvalue weighted by Crippen LogP contribution is 2.50. The van der Waals surface area contributed by atoms with E-state index >= 15 is 0 Å². The van der Waals surface area contributed by atoms with Crippen LogP contribution in [0.3, 0.4) is 0 Å². The number of β-lactam (4-membered cyclic amide) rings is 2. The maximum absolute atomic E-state index is 13.2. The molecule has 376 valence electrons. The van der Waals surface area contributed by atoms with Crippen LogP contribution >= 0.6 is 45.2 Å². The number of hydrogen-bond donors (Lipinski definition) is 1. The largest absolute Gasteiger partial charge is 0.488 e. The summed E-state index contributed by atoms with van der Waals surface area (Å²) in [4.78, 5) is 99.0. The van der Waals surface area contributed by atoms with Crippen LogP contribution in [0.4, 0.5) is 0 Å². The second-order valence-electron chi connectivity index (χ2n) is 16.6. The molecule has 4 heterocycles. The molecular weight excluding hydrogens is 1130 g/mol. The van der Waals surface area contributed by atoms with Crippen molar-refractivity contribution in [2.24, 2.45) is 35.5 Å². The van der Waals surface area contributed by atoms with E-state index in [0.29, 0.717) is 28.2 Å². The molecule has 2 saturated heterocycles. The minimum absolute atomic E-state index is 0.0131. The van der Waals surface area contributed by atoms with Crippen LogP contribution in [0.2, 0.25) is 0 Å². The molecular formula is C51H58I2N2O15. The van der Waals surface area contributed by atoms with Gasteiger partial charge in [0.2, 0.25) is 11.8 Å². The van der Waals surface area contributed by atoms with E-state index in [1.165, 1.54) is 34.1 Å². The zero-order valence-electron chi connectivity index (χ0n) is 39.7. The molecule has 2 amide bonds. The Morgan fingerprint density at radius 3 is 1.41 bits per heavy atom. The van der Waals surface area contributed by atoms with Gasteiger partial charge in [0.25, 0.3) is 0 Å². The number of ether oxygens (including phenoxy) is 4. The molecule has 2 aromatic rings. The van der Waals surface area contributed by atoms with Gasteiger partial charge in [-0.05, 0) is 74.9 Å². The lowest BCUT2D eigenvalue weighted by Gasteiger charge is -2.47. The van der Waals surface area contributed by atoms with E-state index in [-0.39, 0.29) is 81.3 Å². The molecule has 4 aliphatic heterocycles. The fourth-order valence-electron chi connectivity index (χ4n) is 8.86. The van der Waals surface area contributed by atoms with Crippen LogP contribution < -0.4 is 9.47 Å². The maximum atomic E-state index is 13.2. The minimum atomic E-state index is -0.788. The summed E-state index contributed by atoms with van der Waals surface area (Å²) in [7, 11) is 0. The number of carbonyl (C=O) groups excluding carboxylic acids is 6. The third-order valence-corrected chi connectivity index (χ3v) is 15.0. The van der Waals surface area contributed by atoms with Crippen molar-refractivity contribution in [3.05, 3.63) is 128 Å². The van der Waals surface area contributed by atoms with Gasteiger partial charge in [-0.25, -0.2) is 19.2 Å². The molecule has 0 aromatic heterocycles. The number of halogens is 2. The summed E-state index contributed by atoms with van der Waals surface area (Å²) in [5.74, 6) is -5.47. The first-order chi connectivity index (χ1) is 33.6. The topological polar surface area (TPSA) is 203 Å². The van der Waals surface area contributed by atoms with Crippen LogP contribution in [0.15, 0.2) is 110 Å². The summed E-state index contributed by atoms with van der Waals surface area (Å²) >= 11 is 4.34. The Balaban J connectivity index is 0.000000261. The van der Waals surface area contributed by atoms with Gasteiger partial charge >= 0.3 is 23.9 Å². The number of benzene rings is 2. The van der Waals surface area contributed by atoms with Crippen molar-refractivity contribution >= 4 is 80.9 Å². The molecule has 1 N–H and O–H groups in total. The molecule has 0 saturated carbocycles. The fourth-order valence-corrected chi connectivity index (χ4v) is 10.4. The molecule has 70 heavy (non-hydrogen) atoms. The molecule has 17 nitrogen and oxygen atoms in total. The Kier molecular flexibility index (Phi) is 20.4. The number of rotatable bonds is 24. The van der Waals surface area contributed by atoms with Gasteiger partial charge in [0, 0.05) is 23.0 Å². The van der Waals surface area contributed by atoms with Crippen molar-refractivity contribution < 1.29 is 72.4 Å².